The van der Waals surface area contributed by atoms with Gasteiger partial charge in [0.25, 0.3) is 11.8 Å². The second-order valence-corrected chi connectivity index (χ2v) is 8.50. The molecule has 1 aliphatic heterocycles. The number of amides is 2. The highest BCUT2D eigenvalue weighted by Crippen LogP contribution is 2.42. The fourth-order valence-electron chi connectivity index (χ4n) is 3.67. The SMILES string of the molecule is O=C(NCc1ccco1)c1ccc2c(c1)N(Cc1ccccc1)C(=O)c1ccccc1S2. The van der Waals surface area contributed by atoms with Gasteiger partial charge in [-0.25, -0.2) is 0 Å². The van der Waals surface area contributed by atoms with Crippen LogP contribution in [0.25, 0.3) is 0 Å². The van der Waals surface area contributed by atoms with Crippen LogP contribution in [0.3, 0.4) is 0 Å². The Bertz CT molecular complexity index is 1270. The van der Waals surface area contributed by atoms with Crippen LogP contribution in [0.1, 0.15) is 32.0 Å². The van der Waals surface area contributed by atoms with Gasteiger partial charge in [-0.3, -0.25) is 9.59 Å². The number of carbonyl (C=O) groups excluding carboxylic acids is 2. The molecular weight excluding hydrogens is 420 g/mol. The maximum Gasteiger partial charge on any atom is 0.259 e. The Hall–Kier alpha value is -3.77. The molecule has 3 aromatic carbocycles. The number of nitrogens with one attached hydrogen (secondary N) is 1. The Balaban J connectivity index is 1.51. The number of benzene rings is 3. The molecule has 5 rings (SSSR count). The van der Waals surface area contributed by atoms with Crippen molar-refractivity contribution in [2.24, 2.45) is 0 Å². The molecule has 0 atom stereocenters. The van der Waals surface area contributed by atoms with Crippen molar-refractivity contribution in [3.05, 3.63) is 114 Å². The monoisotopic (exact) mass is 440 g/mol. The Morgan fingerprint density at radius 3 is 2.53 bits per heavy atom. The second-order valence-electron chi connectivity index (χ2n) is 7.42. The first-order chi connectivity index (χ1) is 15.7. The number of rotatable bonds is 5. The topological polar surface area (TPSA) is 62.6 Å². The van der Waals surface area contributed by atoms with Gasteiger partial charge in [0.05, 0.1) is 30.6 Å². The largest absolute Gasteiger partial charge is 0.467 e. The predicted octanol–water partition coefficient (Wildman–Crippen LogP) is 5.52. The van der Waals surface area contributed by atoms with Crippen molar-refractivity contribution in [3.8, 4) is 0 Å². The molecule has 158 valence electrons. The van der Waals surface area contributed by atoms with E-state index < -0.39 is 0 Å². The highest BCUT2D eigenvalue weighted by molar-refractivity contribution is 7.99. The van der Waals surface area contributed by atoms with Gasteiger partial charge in [-0.1, -0.05) is 54.2 Å². The zero-order valence-electron chi connectivity index (χ0n) is 17.2. The minimum absolute atomic E-state index is 0.0798. The third-order valence-corrected chi connectivity index (χ3v) is 6.42. The Morgan fingerprint density at radius 2 is 1.72 bits per heavy atom. The molecule has 0 spiro atoms. The van der Waals surface area contributed by atoms with E-state index in [-0.39, 0.29) is 11.8 Å². The van der Waals surface area contributed by atoms with Gasteiger partial charge in [0.1, 0.15) is 5.76 Å². The van der Waals surface area contributed by atoms with Crippen molar-refractivity contribution in [1.29, 1.82) is 0 Å². The van der Waals surface area contributed by atoms with E-state index in [1.165, 1.54) is 0 Å². The highest BCUT2D eigenvalue weighted by atomic mass is 32.2. The molecule has 2 amide bonds. The van der Waals surface area contributed by atoms with Crippen molar-refractivity contribution in [2.75, 3.05) is 4.90 Å². The number of hydrogen-bond acceptors (Lipinski definition) is 4. The average Bonchev–Trinajstić information content (AvgIpc) is 3.32. The fourth-order valence-corrected chi connectivity index (χ4v) is 4.73. The van der Waals surface area contributed by atoms with Gasteiger partial charge in [0.15, 0.2) is 0 Å². The molecule has 1 N–H and O–H groups in total. The van der Waals surface area contributed by atoms with E-state index in [4.69, 9.17) is 4.42 Å². The van der Waals surface area contributed by atoms with Gasteiger partial charge in [-0.15, -0.1) is 0 Å². The van der Waals surface area contributed by atoms with Gasteiger partial charge in [0.2, 0.25) is 0 Å². The van der Waals surface area contributed by atoms with Crippen LogP contribution in [0.15, 0.2) is 105 Å². The van der Waals surface area contributed by atoms with Gasteiger partial charge >= 0.3 is 0 Å². The summed E-state index contributed by atoms with van der Waals surface area (Å²) in [5, 5.41) is 2.87. The summed E-state index contributed by atoms with van der Waals surface area (Å²) in [6, 6.07) is 26.6. The summed E-state index contributed by atoms with van der Waals surface area (Å²) in [7, 11) is 0. The van der Waals surface area contributed by atoms with Crippen LogP contribution >= 0.6 is 11.8 Å². The first kappa shape index (κ1) is 20.2. The smallest absolute Gasteiger partial charge is 0.259 e. The summed E-state index contributed by atoms with van der Waals surface area (Å²) in [5.41, 5.74) is 2.90. The molecule has 6 heteroatoms. The van der Waals surface area contributed by atoms with E-state index in [1.807, 2.05) is 66.7 Å². The van der Waals surface area contributed by atoms with E-state index in [0.29, 0.717) is 30.0 Å². The predicted molar refractivity (Wildman–Crippen MR) is 124 cm³/mol. The lowest BCUT2D eigenvalue weighted by Gasteiger charge is -2.24. The van der Waals surface area contributed by atoms with Crippen molar-refractivity contribution >= 4 is 29.3 Å². The quantitative estimate of drug-likeness (QED) is 0.444. The molecular formula is C26H20N2O3S. The maximum absolute atomic E-state index is 13.6. The average molecular weight is 441 g/mol. The molecule has 1 aromatic heterocycles. The van der Waals surface area contributed by atoms with E-state index in [2.05, 4.69) is 5.32 Å². The molecule has 32 heavy (non-hydrogen) atoms. The first-order valence-electron chi connectivity index (χ1n) is 10.3. The van der Waals surface area contributed by atoms with Crippen LogP contribution in [0.4, 0.5) is 5.69 Å². The van der Waals surface area contributed by atoms with E-state index >= 15 is 0 Å². The fraction of sp³-hybridized carbons (Fsp3) is 0.0769. The molecule has 0 saturated heterocycles. The highest BCUT2D eigenvalue weighted by Gasteiger charge is 2.28. The lowest BCUT2D eigenvalue weighted by Crippen LogP contribution is -2.31. The maximum atomic E-state index is 13.6. The second kappa shape index (κ2) is 8.77. The van der Waals surface area contributed by atoms with Crippen molar-refractivity contribution in [1.82, 2.24) is 5.32 Å². The van der Waals surface area contributed by atoms with Crippen LogP contribution < -0.4 is 10.2 Å². The summed E-state index contributed by atoms with van der Waals surface area (Å²) in [4.78, 5) is 30.0. The standard InChI is InChI=1S/C26H20N2O3S/c29-25(27-16-20-9-6-14-31-20)19-12-13-24-22(15-19)28(17-18-7-2-1-3-8-18)26(30)21-10-4-5-11-23(21)32-24/h1-15H,16-17H2,(H,27,29). The first-order valence-corrected chi connectivity index (χ1v) is 11.1. The van der Waals surface area contributed by atoms with Gasteiger partial charge in [0, 0.05) is 15.4 Å². The zero-order chi connectivity index (χ0) is 21.9. The zero-order valence-corrected chi connectivity index (χ0v) is 18.0. The van der Waals surface area contributed by atoms with Gasteiger partial charge in [-0.2, -0.15) is 0 Å². The Morgan fingerprint density at radius 1 is 0.906 bits per heavy atom. The molecule has 0 aliphatic carbocycles. The van der Waals surface area contributed by atoms with Crippen molar-refractivity contribution < 1.29 is 14.0 Å². The lowest BCUT2D eigenvalue weighted by molar-refractivity contribution is 0.0945. The van der Waals surface area contributed by atoms with E-state index in [0.717, 1.165) is 21.0 Å². The molecule has 0 fully saturated rings. The van der Waals surface area contributed by atoms with Crippen LogP contribution in [0.5, 0.6) is 0 Å². The third kappa shape index (κ3) is 4.05. The Kier molecular flexibility index (Phi) is 5.52. The molecule has 2 heterocycles. The molecule has 4 aromatic rings. The minimum atomic E-state index is -0.219. The van der Waals surface area contributed by atoms with Crippen LogP contribution in [0, 0.1) is 0 Å². The molecule has 5 nitrogen and oxygen atoms in total. The van der Waals surface area contributed by atoms with E-state index in [1.54, 1.807) is 41.1 Å². The van der Waals surface area contributed by atoms with Crippen LogP contribution in [-0.2, 0) is 13.1 Å². The number of hydrogen-bond donors (Lipinski definition) is 1. The van der Waals surface area contributed by atoms with Crippen molar-refractivity contribution in [3.63, 3.8) is 0 Å². The number of carbonyl (C=O) groups is 2. The Labute approximate surface area is 190 Å². The lowest BCUT2D eigenvalue weighted by atomic mass is 10.1. The van der Waals surface area contributed by atoms with Gasteiger partial charge in [-0.05, 0) is 48.0 Å². The number of nitrogens with zero attached hydrogens (tertiary/aromatic N) is 1. The molecule has 0 saturated carbocycles. The minimum Gasteiger partial charge on any atom is -0.467 e. The van der Waals surface area contributed by atoms with Crippen LogP contribution in [0.2, 0.25) is 0 Å². The molecule has 0 bridgehead atoms. The molecule has 1 aliphatic rings. The summed E-state index contributed by atoms with van der Waals surface area (Å²) in [6.07, 6.45) is 1.58. The van der Waals surface area contributed by atoms with Crippen molar-refractivity contribution in [2.45, 2.75) is 22.9 Å². The number of furan rings is 1. The summed E-state index contributed by atoms with van der Waals surface area (Å²) in [6.45, 7) is 0.717. The summed E-state index contributed by atoms with van der Waals surface area (Å²) >= 11 is 1.54. The molecule has 0 unspecified atom stereocenters. The summed E-state index contributed by atoms with van der Waals surface area (Å²) < 4.78 is 5.29. The molecule has 0 radical (unpaired) electrons. The number of anilines is 1. The van der Waals surface area contributed by atoms with Gasteiger partial charge < -0.3 is 14.6 Å². The third-order valence-electron chi connectivity index (χ3n) is 5.28. The van der Waals surface area contributed by atoms with Crippen LogP contribution in [-0.4, -0.2) is 11.8 Å². The van der Waals surface area contributed by atoms with E-state index in [9.17, 15) is 9.59 Å². The summed E-state index contributed by atoms with van der Waals surface area (Å²) in [5.74, 6) is 0.381. The number of fused-ring (bicyclic) bond motifs is 2. The normalized spacial score (nSPS) is 12.6.